The molecule has 0 aliphatic rings. The van der Waals surface area contributed by atoms with Crippen LogP contribution in [-0.2, 0) is 19.1 Å². The second-order valence-corrected chi connectivity index (χ2v) is 5.43. The van der Waals surface area contributed by atoms with Crippen LogP contribution in [0.2, 0.25) is 0 Å². The van der Waals surface area contributed by atoms with Crippen LogP contribution in [0.25, 0.3) is 0 Å². The summed E-state index contributed by atoms with van der Waals surface area (Å²) in [6.45, 7) is 8.80. The predicted octanol–water partition coefficient (Wildman–Crippen LogP) is 1.92. The molecule has 0 bridgehead atoms. The second-order valence-electron chi connectivity index (χ2n) is 5.43. The van der Waals surface area contributed by atoms with Crippen LogP contribution in [0.5, 0.6) is 0 Å². The third-order valence-electron chi connectivity index (χ3n) is 3.28. The first-order valence-corrected chi connectivity index (χ1v) is 6.76. The van der Waals surface area contributed by atoms with E-state index >= 15 is 0 Å². The molecular weight excluding hydrogens is 248 g/mol. The van der Waals surface area contributed by atoms with Crippen LogP contribution in [0, 0.1) is 11.3 Å². The smallest absolute Gasteiger partial charge is 0.311 e. The van der Waals surface area contributed by atoms with E-state index in [4.69, 9.17) is 9.47 Å². The number of esters is 2. The molecule has 0 rings (SSSR count). The molecule has 5 nitrogen and oxygen atoms in total. The lowest BCUT2D eigenvalue weighted by molar-refractivity contribution is -0.160. The van der Waals surface area contributed by atoms with Crippen molar-refractivity contribution in [1.82, 2.24) is 0 Å². The first kappa shape index (κ1) is 17.9. The molecule has 0 amide bonds. The van der Waals surface area contributed by atoms with E-state index in [2.05, 4.69) is 0 Å². The maximum absolute atomic E-state index is 11.7. The van der Waals surface area contributed by atoms with Gasteiger partial charge in [-0.2, -0.15) is 0 Å². The first-order chi connectivity index (χ1) is 8.74. The zero-order valence-corrected chi connectivity index (χ0v) is 12.6. The number of hydrogen-bond donors (Lipinski definition) is 1. The van der Waals surface area contributed by atoms with Gasteiger partial charge in [-0.15, -0.1) is 0 Å². The van der Waals surface area contributed by atoms with Crippen LogP contribution in [0.15, 0.2) is 0 Å². The summed E-state index contributed by atoms with van der Waals surface area (Å²) < 4.78 is 9.92. The summed E-state index contributed by atoms with van der Waals surface area (Å²) in [7, 11) is 0. The summed E-state index contributed by atoms with van der Waals surface area (Å²) in [5, 5.41) is 9.59. The maximum Gasteiger partial charge on any atom is 0.311 e. The fourth-order valence-corrected chi connectivity index (χ4v) is 1.05. The number of aliphatic hydroxyl groups excluding tert-OH is 1. The van der Waals surface area contributed by atoms with Gasteiger partial charge in [-0.3, -0.25) is 9.59 Å². The summed E-state index contributed by atoms with van der Waals surface area (Å²) >= 11 is 0. The van der Waals surface area contributed by atoms with E-state index in [1.165, 1.54) is 0 Å². The fourth-order valence-electron chi connectivity index (χ4n) is 1.05. The van der Waals surface area contributed by atoms with Crippen molar-refractivity contribution in [3.63, 3.8) is 0 Å². The van der Waals surface area contributed by atoms with Crippen LogP contribution in [-0.4, -0.2) is 36.4 Å². The van der Waals surface area contributed by atoms with Crippen molar-refractivity contribution in [1.29, 1.82) is 0 Å². The molecule has 0 aromatic carbocycles. The molecule has 0 spiro atoms. The van der Waals surface area contributed by atoms with Gasteiger partial charge in [0, 0.05) is 0 Å². The molecule has 0 aromatic rings. The van der Waals surface area contributed by atoms with Gasteiger partial charge < -0.3 is 14.6 Å². The van der Waals surface area contributed by atoms with Crippen molar-refractivity contribution in [2.75, 3.05) is 13.2 Å². The van der Waals surface area contributed by atoms with Crippen LogP contribution in [0.4, 0.5) is 0 Å². The highest BCUT2D eigenvalue weighted by Gasteiger charge is 2.27. The predicted molar refractivity (Wildman–Crippen MR) is 71.5 cm³/mol. The minimum Gasteiger partial charge on any atom is -0.463 e. The molecule has 0 aliphatic carbocycles. The van der Waals surface area contributed by atoms with Crippen LogP contribution < -0.4 is 0 Å². The Hall–Kier alpha value is -1.10. The molecule has 19 heavy (non-hydrogen) atoms. The Balaban J connectivity index is 3.97. The molecule has 0 aromatic heterocycles. The van der Waals surface area contributed by atoms with E-state index in [-0.39, 0.29) is 31.1 Å². The lowest BCUT2D eigenvalue weighted by atomic mass is 9.91. The van der Waals surface area contributed by atoms with Gasteiger partial charge in [0.25, 0.3) is 0 Å². The molecule has 5 heteroatoms. The molecule has 0 fully saturated rings. The van der Waals surface area contributed by atoms with Gasteiger partial charge in [-0.25, -0.2) is 0 Å². The van der Waals surface area contributed by atoms with Crippen LogP contribution in [0.1, 0.15) is 47.5 Å². The van der Waals surface area contributed by atoms with Gasteiger partial charge in [0.05, 0.1) is 11.3 Å². The van der Waals surface area contributed by atoms with Gasteiger partial charge in [0.2, 0.25) is 0 Å². The Bertz CT molecular complexity index is 298. The highest BCUT2D eigenvalue weighted by Crippen LogP contribution is 2.21. The standard InChI is InChI=1S/C14H26O5/c1-6-10(3)12(16)18-8-11(15)9-19-13(17)14(4,5)7-2/h10-11,15H,6-9H2,1-5H3. The quantitative estimate of drug-likeness (QED) is 0.684. The van der Waals surface area contributed by atoms with Crippen molar-refractivity contribution in [2.45, 2.75) is 53.6 Å². The van der Waals surface area contributed by atoms with E-state index in [0.717, 1.165) is 0 Å². The summed E-state index contributed by atoms with van der Waals surface area (Å²) in [4.78, 5) is 23.0. The fraction of sp³-hybridized carbons (Fsp3) is 0.857. The zero-order chi connectivity index (χ0) is 15.1. The van der Waals surface area contributed by atoms with E-state index in [1.54, 1.807) is 20.8 Å². The molecule has 1 N–H and O–H groups in total. The van der Waals surface area contributed by atoms with E-state index in [1.807, 2.05) is 13.8 Å². The molecular formula is C14H26O5. The zero-order valence-electron chi connectivity index (χ0n) is 12.6. The SMILES string of the molecule is CCC(C)C(=O)OCC(O)COC(=O)C(C)(C)CC. The lowest BCUT2D eigenvalue weighted by Crippen LogP contribution is -2.31. The Morgan fingerprint density at radius 2 is 1.68 bits per heavy atom. The Morgan fingerprint density at radius 3 is 2.16 bits per heavy atom. The average molecular weight is 274 g/mol. The van der Waals surface area contributed by atoms with Gasteiger partial charge in [-0.05, 0) is 26.7 Å². The molecule has 0 saturated heterocycles. The highest BCUT2D eigenvalue weighted by molar-refractivity contribution is 5.75. The maximum atomic E-state index is 11.7. The van der Waals surface area contributed by atoms with E-state index in [9.17, 15) is 14.7 Å². The van der Waals surface area contributed by atoms with Gasteiger partial charge in [0.15, 0.2) is 0 Å². The number of rotatable bonds is 8. The number of ether oxygens (including phenoxy) is 2. The Labute approximate surface area is 115 Å². The van der Waals surface area contributed by atoms with Crippen molar-refractivity contribution in [3.8, 4) is 0 Å². The van der Waals surface area contributed by atoms with Crippen molar-refractivity contribution in [3.05, 3.63) is 0 Å². The Kier molecular flexibility index (Phi) is 7.68. The van der Waals surface area contributed by atoms with Gasteiger partial charge in [-0.1, -0.05) is 20.8 Å². The summed E-state index contributed by atoms with van der Waals surface area (Å²) in [6.07, 6.45) is 0.365. The topological polar surface area (TPSA) is 72.8 Å². The molecule has 112 valence electrons. The second kappa shape index (κ2) is 8.15. The lowest BCUT2D eigenvalue weighted by Gasteiger charge is -2.21. The van der Waals surface area contributed by atoms with Gasteiger partial charge in [0.1, 0.15) is 19.3 Å². The highest BCUT2D eigenvalue weighted by atomic mass is 16.6. The summed E-state index contributed by atoms with van der Waals surface area (Å²) in [6, 6.07) is 0. The number of aliphatic hydroxyl groups is 1. The molecule has 0 saturated carbocycles. The van der Waals surface area contributed by atoms with E-state index in [0.29, 0.717) is 12.8 Å². The minimum atomic E-state index is -0.982. The monoisotopic (exact) mass is 274 g/mol. The molecule has 2 atom stereocenters. The Morgan fingerprint density at radius 1 is 1.16 bits per heavy atom. The average Bonchev–Trinajstić information content (AvgIpc) is 2.40. The number of carbonyl (C=O) groups is 2. The molecule has 2 unspecified atom stereocenters. The summed E-state index contributed by atoms with van der Waals surface area (Å²) in [5.74, 6) is -0.891. The number of hydrogen-bond acceptors (Lipinski definition) is 5. The molecule has 0 aliphatic heterocycles. The van der Waals surface area contributed by atoms with Crippen molar-refractivity contribution in [2.24, 2.45) is 11.3 Å². The van der Waals surface area contributed by atoms with Crippen molar-refractivity contribution >= 4 is 11.9 Å². The van der Waals surface area contributed by atoms with Gasteiger partial charge >= 0.3 is 11.9 Å². The third-order valence-corrected chi connectivity index (χ3v) is 3.28. The van der Waals surface area contributed by atoms with Crippen LogP contribution >= 0.6 is 0 Å². The first-order valence-electron chi connectivity index (χ1n) is 6.76. The molecule has 0 heterocycles. The third kappa shape index (κ3) is 6.57. The normalized spacial score (nSPS) is 14.6. The van der Waals surface area contributed by atoms with Crippen molar-refractivity contribution < 1.29 is 24.2 Å². The number of carbonyl (C=O) groups excluding carboxylic acids is 2. The van der Waals surface area contributed by atoms with Crippen LogP contribution in [0.3, 0.4) is 0 Å². The molecule has 0 radical (unpaired) electrons. The summed E-state index contributed by atoms with van der Waals surface area (Å²) in [5.41, 5.74) is -0.562. The largest absolute Gasteiger partial charge is 0.463 e. The minimum absolute atomic E-state index is 0.150. The van der Waals surface area contributed by atoms with E-state index < -0.39 is 11.5 Å².